The molecule has 8 heteroatoms. The Hall–Kier alpha value is -4.85. The molecule has 0 fully saturated rings. The lowest BCUT2D eigenvalue weighted by Crippen LogP contribution is -2.50. The lowest BCUT2D eigenvalue weighted by molar-refractivity contribution is -0.136. The van der Waals surface area contributed by atoms with Gasteiger partial charge in [-0.1, -0.05) is 66.7 Å². The monoisotopic (exact) mass is 536 g/mol. The van der Waals surface area contributed by atoms with Gasteiger partial charge in [0.05, 0.1) is 23.9 Å². The smallest absolute Gasteiger partial charge is 0.322 e. The van der Waals surface area contributed by atoms with Gasteiger partial charge in [0.25, 0.3) is 5.91 Å². The molecule has 0 saturated carbocycles. The molecular weight excluding hydrogens is 504 g/mol. The van der Waals surface area contributed by atoms with Gasteiger partial charge in [-0.15, -0.1) is 6.58 Å². The molecule has 0 spiro atoms. The van der Waals surface area contributed by atoms with Crippen molar-refractivity contribution in [3.8, 4) is 11.5 Å². The highest BCUT2D eigenvalue weighted by Gasteiger charge is 2.46. The van der Waals surface area contributed by atoms with Gasteiger partial charge in [-0.2, -0.15) is 0 Å². The first-order valence-electron chi connectivity index (χ1n) is 13.4. The van der Waals surface area contributed by atoms with E-state index in [4.69, 9.17) is 4.74 Å². The largest absolute Gasteiger partial charge is 0.457 e. The number of nitrogens with zero attached hydrogens (tertiary/aromatic N) is 2. The van der Waals surface area contributed by atoms with Crippen molar-refractivity contribution < 1.29 is 19.1 Å². The molecule has 8 nitrogen and oxygen atoms in total. The van der Waals surface area contributed by atoms with Crippen molar-refractivity contribution in [3.05, 3.63) is 120 Å². The molecule has 0 aromatic heterocycles. The summed E-state index contributed by atoms with van der Waals surface area (Å²) in [4.78, 5) is 43.8. The lowest BCUT2D eigenvalue weighted by atomic mass is 9.95. The van der Waals surface area contributed by atoms with Crippen LogP contribution in [0.4, 0.5) is 4.79 Å². The zero-order chi connectivity index (χ0) is 28.1. The first-order valence-corrected chi connectivity index (χ1v) is 13.4. The van der Waals surface area contributed by atoms with E-state index in [1.807, 2.05) is 91.9 Å². The van der Waals surface area contributed by atoms with Crippen LogP contribution in [-0.4, -0.2) is 53.3 Å². The highest BCUT2D eigenvalue weighted by atomic mass is 16.5. The molecule has 4 amide bonds. The average molecular weight is 537 g/mol. The molecule has 2 atom stereocenters. The van der Waals surface area contributed by atoms with Gasteiger partial charge in [-0.25, -0.2) is 4.79 Å². The predicted molar refractivity (Wildman–Crippen MR) is 152 cm³/mol. The van der Waals surface area contributed by atoms with Crippen molar-refractivity contribution in [2.24, 2.45) is 0 Å². The molecule has 40 heavy (non-hydrogen) atoms. The van der Waals surface area contributed by atoms with Crippen LogP contribution in [0.2, 0.25) is 0 Å². The fraction of sp³-hybridized carbons (Fsp3) is 0.219. The minimum atomic E-state index is -0.761. The number of urea groups is 1. The molecule has 3 aromatic rings. The molecule has 0 radical (unpaired) electrons. The standard InChI is InChI=1S/C32H32N4O4/c1-3-18-33-30(37)26(19-22-12-7-5-8-13-22)36-21-27-28(31(36)38)29(34-32(39)35(27)4-2)23-14-11-17-25(20-23)40-24-15-9-6-10-16-24/h3,5-17,20,26,29H,1,4,18-19,21H2,2H3,(H,33,37)(H,34,39)/t26-,29-/m0/s1. The summed E-state index contributed by atoms with van der Waals surface area (Å²) in [6, 6.07) is 24.6. The van der Waals surface area contributed by atoms with Crippen LogP contribution in [-0.2, 0) is 16.0 Å². The number of amides is 4. The summed E-state index contributed by atoms with van der Waals surface area (Å²) in [5, 5.41) is 5.87. The fourth-order valence-electron chi connectivity index (χ4n) is 5.20. The molecule has 3 aromatic carbocycles. The quantitative estimate of drug-likeness (QED) is 0.371. The Kier molecular flexibility index (Phi) is 7.96. The number of likely N-dealkylation sites (N-methyl/N-ethyl adjacent to an activating group) is 1. The van der Waals surface area contributed by atoms with Crippen molar-refractivity contribution in [2.75, 3.05) is 19.6 Å². The van der Waals surface area contributed by atoms with E-state index < -0.39 is 12.1 Å². The van der Waals surface area contributed by atoms with Gasteiger partial charge in [0.15, 0.2) is 0 Å². The van der Waals surface area contributed by atoms with Gasteiger partial charge in [-0.3, -0.25) is 14.5 Å². The van der Waals surface area contributed by atoms with Crippen LogP contribution >= 0.6 is 0 Å². The highest BCUT2D eigenvalue weighted by molar-refractivity contribution is 6.03. The molecule has 0 saturated heterocycles. The van der Waals surface area contributed by atoms with Gasteiger partial charge in [0.2, 0.25) is 5.91 Å². The van der Waals surface area contributed by atoms with Crippen molar-refractivity contribution >= 4 is 17.8 Å². The summed E-state index contributed by atoms with van der Waals surface area (Å²) >= 11 is 0. The van der Waals surface area contributed by atoms with E-state index in [9.17, 15) is 14.4 Å². The maximum atomic E-state index is 14.1. The van der Waals surface area contributed by atoms with E-state index in [0.29, 0.717) is 35.7 Å². The summed E-state index contributed by atoms with van der Waals surface area (Å²) in [5.41, 5.74) is 2.73. The second kappa shape index (κ2) is 11.9. The average Bonchev–Trinajstić information content (AvgIpc) is 3.31. The van der Waals surface area contributed by atoms with Crippen LogP contribution in [0.15, 0.2) is 109 Å². The normalized spacial score (nSPS) is 17.3. The SMILES string of the molecule is C=CCNC(=O)[C@H](Cc1ccccc1)N1CC2=C(C1=O)[C@H](c1cccc(Oc3ccccc3)c1)NC(=O)N2CC. The third-order valence-electron chi connectivity index (χ3n) is 7.11. The number of benzene rings is 3. The summed E-state index contributed by atoms with van der Waals surface area (Å²) in [7, 11) is 0. The van der Waals surface area contributed by atoms with Crippen LogP contribution in [0.25, 0.3) is 0 Å². The zero-order valence-corrected chi connectivity index (χ0v) is 22.4. The van der Waals surface area contributed by atoms with Crippen molar-refractivity contribution in [1.82, 2.24) is 20.4 Å². The molecule has 2 aliphatic rings. The Balaban J connectivity index is 1.49. The minimum Gasteiger partial charge on any atom is -0.457 e. The van der Waals surface area contributed by atoms with Crippen molar-refractivity contribution in [2.45, 2.75) is 25.4 Å². The van der Waals surface area contributed by atoms with E-state index >= 15 is 0 Å². The van der Waals surface area contributed by atoms with E-state index in [2.05, 4.69) is 17.2 Å². The number of para-hydroxylation sites is 1. The van der Waals surface area contributed by atoms with Crippen LogP contribution in [0, 0.1) is 0 Å². The fourth-order valence-corrected chi connectivity index (χ4v) is 5.20. The molecule has 2 aliphatic heterocycles. The van der Waals surface area contributed by atoms with Gasteiger partial charge >= 0.3 is 6.03 Å². The molecule has 0 aliphatic carbocycles. The lowest BCUT2D eigenvalue weighted by Gasteiger charge is -2.33. The maximum Gasteiger partial charge on any atom is 0.322 e. The molecule has 5 rings (SSSR count). The second-order valence-electron chi connectivity index (χ2n) is 9.65. The summed E-state index contributed by atoms with van der Waals surface area (Å²) < 4.78 is 6.02. The molecule has 204 valence electrons. The Morgan fingerprint density at radius 1 is 1.05 bits per heavy atom. The Morgan fingerprint density at radius 3 is 2.45 bits per heavy atom. The van der Waals surface area contributed by atoms with Crippen LogP contribution in [0.1, 0.15) is 24.1 Å². The first kappa shape index (κ1) is 26.7. The van der Waals surface area contributed by atoms with E-state index in [-0.39, 0.29) is 30.9 Å². The van der Waals surface area contributed by atoms with Crippen LogP contribution in [0.5, 0.6) is 11.5 Å². The van der Waals surface area contributed by atoms with Crippen molar-refractivity contribution in [1.29, 1.82) is 0 Å². The number of carbonyl (C=O) groups excluding carboxylic acids is 3. The Morgan fingerprint density at radius 2 is 1.75 bits per heavy atom. The molecule has 0 unspecified atom stereocenters. The van der Waals surface area contributed by atoms with Crippen molar-refractivity contribution in [3.63, 3.8) is 0 Å². The third kappa shape index (κ3) is 5.47. The van der Waals surface area contributed by atoms with Crippen LogP contribution < -0.4 is 15.4 Å². The van der Waals surface area contributed by atoms with E-state index in [0.717, 1.165) is 11.1 Å². The molecule has 0 bridgehead atoms. The molecule has 2 N–H and O–H groups in total. The minimum absolute atomic E-state index is 0.158. The number of hydrogen-bond donors (Lipinski definition) is 2. The van der Waals surface area contributed by atoms with E-state index in [1.165, 1.54) is 0 Å². The van der Waals surface area contributed by atoms with Gasteiger partial charge < -0.3 is 20.3 Å². The number of ether oxygens (including phenoxy) is 1. The highest BCUT2D eigenvalue weighted by Crippen LogP contribution is 2.38. The van der Waals surface area contributed by atoms with Gasteiger partial charge in [0, 0.05) is 19.5 Å². The van der Waals surface area contributed by atoms with Gasteiger partial charge in [-0.05, 0) is 42.3 Å². The number of nitrogens with one attached hydrogen (secondary N) is 2. The summed E-state index contributed by atoms with van der Waals surface area (Å²) in [5.74, 6) is 0.726. The Bertz CT molecular complexity index is 1440. The number of carbonyl (C=O) groups is 3. The molecular formula is C32H32N4O4. The maximum absolute atomic E-state index is 14.1. The topological polar surface area (TPSA) is 91.0 Å². The van der Waals surface area contributed by atoms with Gasteiger partial charge in [0.1, 0.15) is 17.5 Å². The predicted octanol–water partition coefficient (Wildman–Crippen LogP) is 4.57. The first-order chi connectivity index (χ1) is 19.5. The molecule has 2 heterocycles. The number of rotatable bonds is 10. The summed E-state index contributed by atoms with van der Waals surface area (Å²) in [6.45, 7) is 6.39. The summed E-state index contributed by atoms with van der Waals surface area (Å²) in [6.07, 6.45) is 1.95. The number of hydrogen-bond acceptors (Lipinski definition) is 4. The zero-order valence-electron chi connectivity index (χ0n) is 22.4. The third-order valence-corrected chi connectivity index (χ3v) is 7.11. The Labute approximate surface area is 233 Å². The second-order valence-corrected chi connectivity index (χ2v) is 9.65. The van der Waals surface area contributed by atoms with Crippen LogP contribution in [0.3, 0.4) is 0 Å². The van der Waals surface area contributed by atoms with E-state index in [1.54, 1.807) is 15.9 Å².